The smallest absolute Gasteiger partial charge is 0.291 e. The highest BCUT2D eigenvalue weighted by Gasteiger charge is 2.17. The zero-order valence-electron chi connectivity index (χ0n) is 14.9. The van der Waals surface area contributed by atoms with Gasteiger partial charge >= 0.3 is 0 Å². The zero-order chi connectivity index (χ0) is 18.3. The van der Waals surface area contributed by atoms with Gasteiger partial charge in [0.15, 0.2) is 0 Å². The molecule has 0 aliphatic carbocycles. The van der Waals surface area contributed by atoms with Gasteiger partial charge in [0, 0.05) is 11.4 Å². The minimum atomic E-state index is -0.312. The Morgan fingerprint density at radius 3 is 2.62 bits per heavy atom. The third-order valence-electron chi connectivity index (χ3n) is 4.44. The molecule has 6 heteroatoms. The van der Waals surface area contributed by atoms with E-state index in [0.717, 1.165) is 22.3 Å². The Balaban J connectivity index is 1.59. The summed E-state index contributed by atoms with van der Waals surface area (Å²) in [6, 6.07) is 16.1. The van der Waals surface area contributed by atoms with Crippen molar-refractivity contribution < 1.29 is 4.79 Å². The molecular formula is C20H19N5O. The van der Waals surface area contributed by atoms with Gasteiger partial charge in [-0.1, -0.05) is 36.4 Å². The van der Waals surface area contributed by atoms with Gasteiger partial charge in [0.1, 0.15) is 0 Å². The SMILES string of the molecule is Cc1cc(C)n2nc(C(=O)NC(C)c3ccc4ccccc4c3)nc2n1. The number of hydrogen-bond donors (Lipinski definition) is 1. The summed E-state index contributed by atoms with van der Waals surface area (Å²) in [7, 11) is 0. The Morgan fingerprint density at radius 2 is 1.81 bits per heavy atom. The number of aryl methyl sites for hydroxylation is 2. The van der Waals surface area contributed by atoms with Gasteiger partial charge < -0.3 is 5.32 Å². The summed E-state index contributed by atoms with van der Waals surface area (Å²) in [4.78, 5) is 21.2. The third-order valence-corrected chi connectivity index (χ3v) is 4.44. The molecule has 0 aliphatic heterocycles. The number of carbonyl (C=O) groups excluding carboxylic acids is 1. The number of rotatable bonds is 3. The second kappa shape index (κ2) is 6.22. The summed E-state index contributed by atoms with van der Waals surface area (Å²) in [6.45, 7) is 5.75. The normalized spacial score (nSPS) is 12.4. The molecule has 2 heterocycles. The lowest BCUT2D eigenvalue weighted by molar-refractivity contribution is 0.0929. The van der Waals surface area contributed by atoms with Crippen LogP contribution in [0.25, 0.3) is 16.6 Å². The van der Waals surface area contributed by atoms with Crippen LogP contribution in [0, 0.1) is 13.8 Å². The van der Waals surface area contributed by atoms with Crippen LogP contribution in [0.4, 0.5) is 0 Å². The van der Waals surface area contributed by atoms with Crippen LogP contribution < -0.4 is 5.32 Å². The summed E-state index contributed by atoms with van der Waals surface area (Å²) in [5.41, 5.74) is 2.77. The second-order valence-corrected chi connectivity index (χ2v) is 6.49. The number of nitrogens with zero attached hydrogens (tertiary/aromatic N) is 4. The van der Waals surface area contributed by atoms with Gasteiger partial charge in [-0.25, -0.2) is 9.50 Å². The average molecular weight is 345 g/mol. The van der Waals surface area contributed by atoms with E-state index >= 15 is 0 Å². The van der Waals surface area contributed by atoms with Crippen molar-refractivity contribution >= 4 is 22.5 Å². The molecule has 1 atom stereocenters. The van der Waals surface area contributed by atoms with E-state index in [-0.39, 0.29) is 17.8 Å². The summed E-state index contributed by atoms with van der Waals surface area (Å²) in [5.74, 6) is 0.248. The monoisotopic (exact) mass is 345 g/mol. The van der Waals surface area contributed by atoms with E-state index in [0.29, 0.717) is 5.78 Å². The highest BCUT2D eigenvalue weighted by molar-refractivity contribution is 5.91. The zero-order valence-corrected chi connectivity index (χ0v) is 14.9. The predicted molar refractivity (Wildman–Crippen MR) is 100 cm³/mol. The number of nitrogens with one attached hydrogen (secondary N) is 1. The first kappa shape index (κ1) is 16.2. The fraction of sp³-hybridized carbons (Fsp3) is 0.200. The number of aromatic nitrogens is 4. The van der Waals surface area contributed by atoms with Crippen LogP contribution in [0.1, 0.15) is 40.5 Å². The van der Waals surface area contributed by atoms with E-state index in [9.17, 15) is 4.79 Å². The van der Waals surface area contributed by atoms with Crippen molar-refractivity contribution in [1.82, 2.24) is 24.9 Å². The van der Waals surface area contributed by atoms with Gasteiger partial charge in [-0.15, -0.1) is 5.10 Å². The molecule has 0 fully saturated rings. The summed E-state index contributed by atoms with van der Waals surface area (Å²) in [6.07, 6.45) is 0. The molecule has 0 aliphatic rings. The van der Waals surface area contributed by atoms with Gasteiger partial charge in [0.25, 0.3) is 11.7 Å². The molecule has 0 radical (unpaired) electrons. The van der Waals surface area contributed by atoms with Crippen molar-refractivity contribution in [1.29, 1.82) is 0 Å². The van der Waals surface area contributed by atoms with Gasteiger partial charge in [-0.05, 0) is 49.2 Å². The van der Waals surface area contributed by atoms with Gasteiger partial charge in [0.2, 0.25) is 5.82 Å². The lowest BCUT2D eigenvalue weighted by Gasteiger charge is -2.13. The highest BCUT2D eigenvalue weighted by atomic mass is 16.2. The molecule has 4 aromatic rings. The van der Waals surface area contributed by atoms with Crippen molar-refractivity contribution in [3.05, 3.63) is 71.3 Å². The molecule has 6 nitrogen and oxygen atoms in total. The van der Waals surface area contributed by atoms with Crippen LogP contribution in [-0.4, -0.2) is 25.5 Å². The number of amides is 1. The Hall–Kier alpha value is -3.28. The van der Waals surface area contributed by atoms with E-state index < -0.39 is 0 Å². The molecule has 1 N–H and O–H groups in total. The molecule has 1 unspecified atom stereocenters. The molecule has 4 rings (SSSR count). The van der Waals surface area contributed by atoms with Crippen LogP contribution >= 0.6 is 0 Å². The predicted octanol–water partition coefficient (Wildman–Crippen LogP) is 3.39. The molecule has 26 heavy (non-hydrogen) atoms. The van der Waals surface area contributed by atoms with Gasteiger partial charge in [-0.3, -0.25) is 4.79 Å². The fourth-order valence-electron chi connectivity index (χ4n) is 3.08. The minimum absolute atomic E-state index is 0.124. The first-order chi connectivity index (χ1) is 12.5. The van der Waals surface area contributed by atoms with Crippen LogP contribution in [0.5, 0.6) is 0 Å². The topological polar surface area (TPSA) is 72.2 Å². The van der Waals surface area contributed by atoms with E-state index in [4.69, 9.17) is 0 Å². The van der Waals surface area contributed by atoms with Crippen LogP contribution in [0.2, 0.25) is 0 Å². The largest absolute Gasteiger partial charge is 0.343 e. The molecule has 1 amide bonds. The van der Waals surface area contributed by atoms with Crippen LogP contribution in [0.3, 0.4) is 0 Å². The molecule has 0 spiro atoms. The first-order valence-electron chi connectivity index (χ1n) is 8.52. The molecule has 2 aromatic carbocycles. The van der Waals surface area contributed by atoms with Crippen molar-refractivity contribution in [2.45, 2.75) is 26.8 Å². The van der Waals surface area contributed by atoms with Crippen LogP contribution in [-0.2, 0) is 0 Å². The fourth-order valence-corrected chi connectivity index (χ4v) is 3.08. The van der Waals surface area contributed by atoms with Crippen molar-refractivity contribution in [2.75, 3.05) is 0 Å². The van der Waals surface area contributed by atoms with Crippen molar-refractivity contribution in [2.24, 2.45) is 0 Å². The van der Waals surface area contributed by atoms with Gasteiger partial charge in [-0.2, -0.15) is 4.98 Å². The number of fused-ring (bicyclic) bond motifs is 2. The molecule has 0 saturated carbocycles. The van der Waals surface area contributed by atoms with E-state index in [1.807, 2.05) is 45.0 Å². The number of hydrogen-bond acceptors (Lipinski definition) is 4. The maximum atomic E-state index is 12.6. The highest BCUT2D eigenvalue weighted by Crippen LogP contribution is 2.20. The Bertz CT molecular complexity index is 1130. The molecular weight excluding hydrogens is 326 g/mol. The number of benzene rings is 2. The lowest BCUT2D eigenvalue weighted by atomic mass is 10.0. The molecule has 2 aromatic heterocycles. The molecule has 130 valence electrons. The molecule has 0 saturated heterocycles. The Labute approximate surface area is 150 Å². The van der Waals surface area contributed by atoms with E-state index in [1.54, 1.807) is 4.52 Å². The maximum Gasteiger partial charge on any atom is 0.291 e. The summed E-state index contributed by atoms with van der Waals surface area (Å²) < 4.78 is 1.59. The van der Waals surface area contributed by atoms with Crippen molar-refractivity contribution in [3.63, 3.8) is 0 Å². The second-order valence-electron chi connectivity index (χ2n) is 6.49. The maximum absolute atomic E-state index is 12.6. The number of carbonyl (C=O) groups is 1. The summed E-state index contributed by atoms with van der Waals surface area (Å²) in [5, 5.41) is 9.57. The van der Waals surface area contributed by atoms with Crippen LogP contribution in [0.15, 0.2) is 48.5 Å². The third kappa shape index (κ3) is 2.90. The Kier molecular flexibility index (Phi) is 3.88. The lowest BCUT2D eigenvalue weighted by Crippen LogP contribution is -2.27. The summed E-state index contributed by atoms with van der Waals surface area (Å²) >= 11 is 0. The van der Waals surface area contributed by atoms with E-state index in [1.165, 1.54) is 5.39 Å². The Morgan fingerprint density at radius 1 is 1.04 bits per heavy atom. The minimum Gasteiger partial charge on any atom is -0.343 e. The standard InChI is InChI=1S/C20H19N5O/c1-12-10-13(2)25-20(21-12)23-18(24-25)19(26)22-14(3)16-9-8-15-6-4-5-7-17(15)11-16/h4-11,14H,1-3H3,(H,22,26). The first-order valence-corrected chi connectivity index (χ1v) is 8.52. The van der Waals surface area contributed by atoms with E-state index in [2.05, 4.69) is 44.6 Å². The van der Waals surface area contributed by atoms with Crippen molar-refractivity contribution in [3.8, 4) is 0 Å². The van der Waals surface area contributed by atoms with Gasteiger partial charge in [0.05, 0.1) is 6.04 Å². The quantitative estimate of drug-likeness (QED) is 0.618. The average Bonchev–Trinajstić information content (AvgIpc) is 3.05. The molecule has 0 bridgehead atoms.